The van der Waals surface area contributed by atoms with Crippen LogP contribution in [0, 0.1) is 11.2 Å². The van der Waals surface area contributed by atoms with Gasteiger partial charge < -0.3 is 10.4 Å². The van der Waals surface area contributed by atoms with Crippen LogP contribution in [0.25, 0.3) is 0 Å². The highest BCUT2D eigenvalue weighted by atomic mass is 79.9. The van der Waals surface area contributed by atoms with Gasteiger partial charge >= 0.3 is 0 Å². The van der Waals surface area contributed by atoms with E-state index in [1.165, 1.54) is 6.07 Å². The summed E-state index contributed by atoms with van der Waals surface area (Å²) >= 11 is 3.38. The maximum absolute atomic E-state index is 13.9. The first-order valence-electron chi connectivity index (χ1n) is 6.45. The van der Waals surface area contributed by atoms with Crippen LogP contribution in [0.2, 0.25) is 0 Å². The van der Waals surface area contributed by atoms with Gasteiger partial charge in [-0.1, -0.05) is 43.6 Å². The van der Waals surface area contributed by atoms with E-state index in [4.69, 9.17) is 0 Å². The smallest absolute Gasteiger partial charge is 0.127 e. The van der Waals surface area contributed by atoms with Crippen molar-refractivity contribution in [3.8, 4) is 0 Å². The van der Waals surface area contributed by atoms with Crippen LogP contribution >= 0.6 is 15.9 Å². The van der Waals surface area contributed by atoms with Crippen molar-refractivity contribution in [2.75, 3.05) is 19.7 Å². The highest BCUT2D eigenvalue weighted by Gasteiger charge is 2.25. The molecule has 1 rings (SSSR count). The number of nitrogens with one attached hydrogen (secondary N) is 1. The Morgan fingerprint density at radius 3 is 2.42 bits per heavy atom. The normalized spacial score (nSPS) is 12.8. The summed E-state index contributed by atoms with van der Waals surface area (Å²) < 4.78 is 14.8. The molecule has 0 saturated heterocycles. The summed E-state index contributed by atoms with van der Waals surface area (Å²) in [5, 5.41) is 12.5. The van der Waals surface area contributed by atoms with Crippen molar-refractivity contribution in [2.24, 2.45) is 5.41 Å². The molecule has 0 unspecified atom stereocenters. The molecular formula is C15H23BrFNO. The summed E-state index contributed by atoms with van der Waals surface area (Å²) in [4.78, 5) is 0. The Kier molecular flexibility index (Phi) is 5.53. The molecule has 0 spiro atoms. The van der Waals surface area contributed by atoms with Gasteiger partial charge in [-0.3, -0.25) is 0 Å². The Morgan fingerprint density at radius 1 is 1.21 bits per heavy atom. The van der Waals surface area contributed by atoms with Crippen molar-refractivity contribution >= 4 is 15.9 Å². The molecule has 0 bridgehead atoms. The van der Waals surface area contributed by atoms with E-state index >= 15 is 0 Å². The van der Waals surface area contributed by atoms with Crippen LogP contribution in [0.15, 0.2) is 22.7 Å². The molecule has 1 aromatic carbocycles. The Bertz CT molecular complexity index is 432. The van der Waals surface area contributed by atoms with Gasteiger partial charge in [-0.25, -0.2) is 4.39 Å². The van der Waals surface area contributed by atoms with Gasteiger partial charge in [-0.05, 0) is 23.8 Å². The summed E-state index contributed by atoms with van der Waals surface area (Å²) in [6.07, 6.45) is 0. The van der Waals surface area contributed by atoms with Crippen molar-refractivity contribution in [1.29, 1.82) is 0 Å². The Balaban J connectivity index is 2.73. The van der Waals surface area contributed by atoms with Gasteiger partial charge in [-0.2, -0.15) is 0 Å². The fraction of sp³-hybridized carbons (Fsp3) is 0.600. The topological polar surface area (TPSA) is 32.3 Å². The maximum atomic E-state index is 13.9. The van der Waals surface area contributed by atoms with E-state index in [-0.39, 0.29) is 23.3 Å². The molecule has 108 valence electrons. The molecule has 2 nitrogen and oxygen atoms in total. The van der Waals surface area contributed by atoms with Gasteiger partial charge in [0.1, 0.15) is 5.82 Å². The molecule has 0 saturated carbocycles. The van der Waals surface area contributed by atoms with E-state index in [1.807, 2.05) is 33.8 Å². The van der Waals surface area contributed by atoms with Crippen molar-refractivity contribution in [3.63, 3.8) is 0 Å². The fourth-order valence-electron chi connectivity index (χ4n) is 1.88. The van der Waals surface area contributed by atoms with E-state index in [0.717, 1.165) is 4.47 Å². The number of hydrogen-bond donors (Lipinski definition) is 2. The molecule has 0 aliphatic heterocycles. The molecule has 4 heteroatoms. The predicted molar refractivity (Wildman–Crippen MR) is 80.9 cm³/mol. The minimum absolute atomic E-state index is 0.131. The molecule has 1 aromatic rings. The van der Waals surface area contributed by atoms with Gasteiger partial charge in [0.05, 0.1) is 0 Å². The van der Waals surface area contributed by atoms with Crippen molar-refractivity contribution in [3.05, 3.63) is 34.1 Å². The van der Waals surface area contributed by atoms with Crippen LogP contribution in [-0.2, 0) is 5.41 Å². The molecule has 0 aromatic heterocycles. The molecular weight excluding hydrogens is 309 g/mol. The zero-order valence-corrected chi connectivity index (χ0v) is 13.6. The van der Waals surface area contributed by atoms with Gasteiger partial charge in [0, 0.05) is 35.0 Å². The van der Waals surface area contributed by atoms with Gasteiger partial charge in [0.2, 0.25) is 0 Å². The van der Waals surface area contributed by atoms with Crippen LogP contribution in [0.5, 0.6) is 0 Å². The molecule has 0 amide bonds. The molecule has 0 aliphatic rings. The Labute approximate surface area is 123 Å². The Hall–Kier alpha value is -0.450. The minimum atomic E-state index is -0.306. The SMILES string of the molecule is CC(C)(CO)CNCC(C)(C)c1cc(Br)ccc1F. The van der Waals surface area contributed by atoms with E-state index in [2.05, 4.69) is 21.2 Å². The second-order valence-corrected chi connectivity index (χ2v) is 7.35. The van der Waals surface area contributed by atoms with E-state index in [1.54, 1.807) is 6.07 Å². The first-order chi connectivity index (χ1) is 8.68. The number of rotatable bonds is 6. The first-order valence-corrected chi connectivity index (χ1v) is 7.24. The van der Waals surface area contributed by atoms with Gasteiger partial charge in [0.25, 0.3) is 0 Å². The average Bonchev–Trinajstić information content (AvgIpc) is 2.31. The van der Waals surface area contributed by atoms with Crippen molar-refractivity contribution < 1.29 is 9.50 Å². The van der Waals surface area contributed by atoms with Crippen LogP contribution in [0.1, 0.15) is 33.3 Å². The molecule has 0 fully saturated rings. The second kappa shape index (κ2) is 6.33. The molecule has 19 heavy (non-hydrogen) atoms. The summed E-state index contributed by atoms with van der Waals surface area (Å²) in [6, 6.07) is 5.02. The third-order valence-corrected chi connectivity index (χ3v) is 3.75. The minimum Gasteiger partial charge on any atom is -0.396 e. The molecule has 0 aliphatic carbocycles. The van der Waals surface area contributed by atoms with Crippen molar-refractivity contribution in [1.82, 2.24) is 5.32 Å². The first kappa shape index (κ1) is 16.6. The zero-order valence-electron chi connectivity index (χ0n) is 12.1. The zero-order chi connectivity index (χ0) is 14.7. The standard InChI is InChI=1S/C15H23BrFNO/c1-14(2,10-19)8-18-9-15(3,4)12-7-11(16)5-6-13(12)17/h5-7,18-19H,8-10H2,1-4H3. The number of benzene rings is 1. The summed E-state index contributed by atoms with van der Waals surface area (Å²) in [6.45, 7) is 9.49. The van der Waals surface area contributed by atoms with Crippen LogP contribution < -0.4 is 5.32 Å². The quantitative estimate of drug-likeness (QED) is 0.836. The molecule has 0 radical (unpaired) electrons. The number of aliphatic hydroxyl groups is 1. The Morgan fingerprint density at radius 2 is 1.84 bits per heavy atom. The van der Waals surface area contributed by atoms with Crippen LogP contribution in [0.4, 0.5) is 4.39 Å². The predicted octanol–water partition coefficient (Wildman–Crippen LogP) is 3.47. The van der Waals surface area contributed by atoms with Gasteiger partial charge in [-0.15, -0.1) is 0 Å². The van der Waals surface area contributed by atoms with Crippen molar-refractivity contribution in [2.45, 2.75) is 33.1 Å². The maximum Gasteiger partial charge on any atom is 0.127 e. The molecule has 0 atom stereocenters. The summed E-state index contributed by atoms with van der Waals surface area (Å²) in [5.41, 5.74) is 0.224. The monoisotopic (exact) mass is 331 g/mol. The van der Waals surface area contributed by atoms with E-state index in [9.17, 15) is 9.50 Å². The highest BCUT2D eigenvalue weighted by Crippen LogP contribution is 2.28. The molecule has 0 heterocycles. The van der Waals surface area contributed by atoms with Crippen LogP contribution in [-0.4, -0.2) is 24.8 Å². The van der Waals surface area contributed by atoms with E-state index in [0.29, 0.717) is 18.7 Å². The average molecular weight is 332 g/mol. The highest BCUT2D eigenvalue weighted by molar-refractivity contribution is 9.10. The number of hydrogen-bond acceptors (Lipinski definition) is 2. The third kappa shape index (κ3) is 4.86. The lowest BCUT2D eigenvalue weighted by Gasteiger charge is -2.29. The third-order valence-electron chi connectivity index (χ3n) is 3.26. The number of halogens is 2. The van der Waals surface area contributed by atoms with Gasteiger partial charge in [0.15, 0.2) is 0 Å². The second-order valence-electron chi connectivity index (χ2n) is 6.43. The summed E-state index contributed by atoms with van der Waals surface area (Å²) in [5.74, 6) is -0.184. The fourth-order valence-corrected chi connectivity index (χ4v) is 2.24. The summed E-state index contributed by atoms with van der Waals surface area (Å²) in [7, 11) is 0. The number of aliphatic hydroxyl groups excluding tert-OH is 1. The van der Waals surface area contributed by atoms with E-state index < -0.39 is 0 Å². The largest absolute Gasteiger partial charge is 0.396 e. The van der Waals surface area contributed by atoms with Crippen LogP contribution in [0.3, 0.4) is 0 Å². The lowest BCUT2D eigenvalue weighted by atomic mass is 9.83. The lowest BCUT2D eigenvalue weighted by Crippen LogP contribution is -2.39. The lowest BCUT2D eigenvalue weighted by molar-refractivity contribution is 0.155. The molecule has 2 N–H and O–H groups in total.